The number of aliphatic hydroxyl groups excluding tert-OH is 1. The van der Waals surface area contributed by atoms with Crippen molar-refractivity contribution in [2.75, 3.05) is 14.2 Å². The first-order valence-electron chi connectivity index (χ1n) is 6.15. The normalized spacial score (nSPS) is 18.1. The molecule has 1 atom stereocenters. The highest BCUT2D eigenvalue weighted by molar-refractivity contribution is 5.39. The van der Waals surface area contributed by atoms with Crippen molar-refractivity contribution in [2.24, 2.45) is 5.92 Å². The average molecular weight is 236 g/mol. The molecule has 1 fully saturated rings. The molecular weight excluding hydrogens is 216 g/mol. The first-order valence-corrected chi connectivity index (χ1v) is 6.15. The maximum absolute atomic E-state index is 10.3. The molecule has 0 aliphatic heterocycles. The van der Waals surface area contributed by atoms with Crippen LogP contribution in [0.3, 0.4) is 0 Å². The van der Waals surface area contributed by atoms with E-state index < -0.39 is 6.10 Å². The Bertz CT molecular complexity index is 347. The molecule has 0 aromatic heterocycles. The number of benzene rings is 1. The predicted molar refractivity (Wildman–Crippen MR) is 66.5 cm³/mol. The summed E-state index contributed by atoms with van der Waals surface area (Å²) in [6, 6.07) is 5.61. The van der Waals surface area contributed by atoms with Crippen LogP contribution in [0.15, 0.2) is 18.2 Å². The Labute approximate surface area is 102 Å². The van der Waals surface area contributed by atoms with Crippen molar-refractivity contribution < 1.29 is 14.6 Å². The zero-order chi connectivity index (χ0) is 12.3. The van der Waals surface area contributed by atoms with E-state index in [9.17, 15) is 5.11 Å². The number of ether oxygens (including phenoxy) is 2. The van der Waals surface area contributed by atoms with Crippen LogP contribution in [-0.2, 0) is 0 Å². The fraction of sp³-hybridized carbons (Fsp3) is 0.571. The lowest BCUT2D eigenvalue weighted by Crippen LogP contribution is -2.09. The van der Waals surface area contributed by atoms with Crippen molar-refractivity contribution in [3.8, 4) is 11.5 Å². The lowest BCUT2D eigenvalue weighted by Gasteiger charge is -2.19. The van der Waals surface area contributed by atoms with Crippen molar-refractivity contribution in [1.82, 2.24) is 0 Å². The minimum atomic E-state index is -0.401. The lowest BCUT2D eigenvalue weighted by molar-refractivity contribution is 0.111. The van der Waals surface area contributed by atoms with Gasteiger partial charge in [0.1, 0.15) is 11.5 Å². The second-order valence-electron chi connectivity index (χ2n) is 4.64. The second-order valence-corrected chi connectivity index (χ2v) is 4.64. The highest BCUT2D eigenvalue weighted by atomic mass is 16.5. The molecule has 0 spiro atoms. The van der Waals surface area contributed by atoms with Crippen LogP contribution in [0.4, 0.5) is 0 Å². The van der Waals surface area contributed by atoms with Gasteiger partial charge in [0.05, 0.1) is 20.3 Å². The molecular formula is C14H20O3. The molecule has 0 radical (unpaired) electrons. The maximum Gasteiger partial charge on any atom is 0.122 e. The van der Waals surface area contributed by atoms with Gasteiger partial charge in [0.15, 0.2) is 0 Å². The van der Waals surface area contributed by atoms with Gasteiger partial charge in [-0.15, -0.1) is 0 Å². The van der Waals surface area contributed by atoms with E-state index in [1.807, 2.05) is 18.2 Å². The Balaban J connectivity index is 2.23. The Morgan fingerprint density at radius 2 is 1.59 bits per heavy atom. The molecule has 1 aromatic rings. The first-order chi connectivity index (χ1) is 8.24. The van der Waals surface area contributed by atoms with Gasteiger partial charge < -0.3 is 14.6 Å². The van der Waals surface area contributed by atoms with E-state index in [2.05, 4.69) is 0 Å². The summed E-state index contributed by atoms with van der Waals surface area (Å²) in [5.74, 6) is 1.85. The van der Waals surface area contributed by atoms with Crippen LogP contribution in [0.1, 0.15) is 37.4 Å². The highest BCUT2D eigenvalue weighted by Crippen LogP contribution is 2.37. The van der Waals surface area contributed by atoms with Crippen molar-refractivity contribution in [3.63, 3.8) is 0 Å². The molecule has 3 nitrogen and oxygen atoms in total. The Morgan fingerprint density at radius 1 is 1.06 bits per heavy atom. The van der Waals surface area contributed by atoms with E-state index >= 15 is 0 Å². The average Bonchev–Trinajstić information content (AvgIpc) is 2.91. The van der Waals surface area contributed by atoms with Gasteiger partial charge in [0.2, 0.25) is 0 Å². The molecule has 0 saturated heterocycles. The number of methoxy groups -OCH3 is 2. The second kappa shape index (κ2) is 5.41. The Kier molecular flexibility index (Phi) is 3.89. The SMILES string of the molecule is COc1cc(OC)cc(C(O)C2CCCC2)c1. The number of hydrogen-bond acceptors (Lipinski definition) is 3. The summed E-state index contributed by atoms with van der Waals surface area (Å²) >= 11 is 0. The summed E-state index contributed by atoms with van der Waals surface area (Å²) in [6.07, 6.45) is 4.27. The zero-order valence-corrected chi connectivity index (χ0v) is 10.5. The van der Waals surface area contributed by atoms with Crippen LogP contribution in [-0.4, -0.2) is 19.3 Å². The summed E-state index contributed by atoms with van der Waals surface area (Å²) in [6.45, 7) is 0. The van der Waals surface area contributed by atoms with Crippen LogP contribution < -0.4 is 9.47 Å². The third kappa shape index (κ3) is 2.72. The summed E-state index contributed by atoms with van der Waals surface area (Å²) < 4.78 is 10.4. The lowest BCUT2D eigenvalue weighted by atomic mass is 9.94. The van der Waals surface area contributed by atoms with Crippen molar-refractivity contribution in [1.29, 1.82) is 0 Å². The molecule has 1 aliphatic rings. The molecule has 3 heteroatoms. The van der Waals surface area contributed by atoms with Gasteiger partial charge in [-0.25, -0.2) is 0 Å². The van der Waals surface area contributed by atoms with E-state index in [-0.39, 0.29) is 0 Å². The third-order valence-corrected chi connectivity index (χ3v) is 3.56. The van der Waals surface area contributed by atoms with Gasteiger partial charge in [0.25, 0.3) is 0 Å². The summed E-state index contributed by atoms with van der Waals surface area (Å²) in [5.41, 5.74) is 0.896. The first kappa shape index (κ1) is 12.2. The molecule has 17 heavy (non-hydrogen) atoms. The fourth-order valence-corrected chi connectivity index (χ4v) is 2.55. The van der Waals surface area contributed by atoms with Gasteiger partial charge in [0, 0.05) is 6.07 Å². The largest absolute Gasteiger partial charge is 0.497 e. The number of hydrogen-bond donors (Lipinski definition) is 1. The smallest absolute Gasteiger partial charge is 0.122 e. The number of aliphatic hydroxyl groups is 1. The van der Waals surface area contributed by atoms with E-state index in [1.165, 1.54) is 12.8 Å². The molecule has 1 saturated carbocycles. The van der Waals surface area contributed by atoms with Crippen LogP contribution in [0, 0.1) is 5.92 Å². The van der Waals surface area contributed by atoms with Crippen LogP contribution in [0.2, 0.25) is 0 Å². The van der Waals surface area contributed by atoms with Crippen molar-refractivity contribution >= 4 is 0 Å². The molecule has 1 unspecified atom stereocenters. The molecule has 1 N–H and O–H groups in total. The van der Waals surface area contributed by atoms with E-state index in [0.717, 1.165) is 29.9 Å². The molecule has 1 aromatic carbocycles. The molecule has 0 heterocycles. The van der Waals surface area contributed by atoms with Gasteiger partial charge in [-0.3, -0.25) is 0 Å². The minimum absolute atomic E-state index is 0.381. The fourth-order valence-electron chi connectivity index (χ4n) is 2.55. The zero-order valence-electron chi connectivity index (χ0n) is 10.5. The standard InChI is InChI=1S/C14H20O3/c1-16-12-7-11(8-13(9-12)17-2)14(15)10-5-3-4-6-10/h7-10,14-15H,3-6H2,1-2H3. The third-order valence-electron chi connectivity index (χ3n) is 3.56. The minimum Gasteiger partial charge on any atom is -0.497 e. The number of rotatable bonds is 4. The monoisotopic (exact) mass is 236 g/mol. The van der Waals surface area contributed by atoms with Gasteiger partial charge in [-0.05, 0) is 36.5 Å². The van der Waals surface area contributed by atoms with Crippen molar-refractivity contribution in [2.45, 2.75) is 31.8 Å². The topological polar surface area (TPSA) is 38.7 Å². The molecule has 1 aliphatic carbocycles. The van der Waals surface area contributed by atoms with Gasteiger partial charge >= 0.3 is 0 Å². The van der Waals surface area contributed by atoms with Gasteiger partial charge in [-0.2, -0.15) is 0 Å². The molecule has 0 amide bonds. The predicted octanol–water partition coefficient (Wildman–Crippen LogP) is 2.93. The molecule has 94 valence electrons. The quantitative estimate of drug-likeness (QED) is 0.873. The Hall–Kier alpha value is -1.22. The van der Waals surface area contributed by atoms with E-state index in [1.54, 1.807) is 14.2 Å². The highest BCUT2D eigenvalue weighted by Gasteiger charge is 2.25. The summed E-state index contributed by atoms with van der Waals surface area (Å²) in [4.78, 5) is 0. The Morgan fingerprint density at radius 3 is 2.06 bits per heavy atom. The summed E-state index contributed by atoms with van der Waals surface area (Å²) in [7, 11) is 3.25. The van der Waals surface area contributed by atoms with E-state index in [0.29, 0.717) is 5.92 Å². The maximum atomic E-state index is 10.3. The van der Waals surface area contributed by atoms with Crippen LogP contribution >= 0.6 is 0 Å². The summed E-state index contributed by atoms with van der Waals surface area (Å²) in [5, 5.41) is 10.3. The van der Waals surface area contributed by atoms with E-state index in [4.69, 9.17) is 9.47 Å². The van der Waals surface area contributed by atoms with Crippen LogP contribution in [0.25, 0.3) is 0 Å². The molecule has 2 rings (SSSR count). The van der Waals surface area contributed by atoms with Crippen LogP contribution in [0.5, 0.6) is 11.5 Å². The van der Waals surface area contributed by atoms with Gasteiger partial charge in [-0.1, -0.05) is 12.8 Å². The van der Waals surface area contributed by atoms with Crippen molar-refractivity contribution in [3.05, 3.63) is 23.8 Å². The molecule has 0 bridgehead atoms.